The number of hydrogen-bond donors (Lipinski definition) is 0. The Morgan fingerprint density at radius 3 is 2.50 bits per heavy atom. The fraction of sp³-hybridized carbons (Fsp3) is 0.0909. The molecule has 2 aromatic rings. The molecular formula is C11H6Cl3N3S. The van der Waals surface area contributed by atoms with Gasteiger partial charge in [-0.15, -0.1) is 0 Å². The number of isothiocyanates is 1. The predicted molar refractivity (Wildman–Crippen MR) is 77.5 cm³/mol. The lowest BCUT2D eigenvalue weighted by molar-refractivity contribution is 0.688. The molecule has 92 valence electrons. The van der Waals surface area contributed by atoms with E-state index in [1.807, 2.05) is 0 Å². The molecule has 0 unspecified atom stereocenters. The summed E-state index contributed by atoms with van der Waals surface area (Å²) in [5, 5.41) is 7.92. The van der Waals surface area contributed by atoms with E-state index in [1.165, 1.54) is 0 Å². The first-order chi connectivity index (χ1) is 8.61. The first-order valence-corrected chi connectivity index (χ1v) is 6.39. The molecule has 0 fully saturated rings. The van der Waals surface area contributed by atoms with Crippen LogP contribution in [0.15, 0.2) is 29.4 Å². The van der Waals surface area contributed by atoms with E-state index in [4.69, 9.17) is 34.8 Å². The Balaban J connectivity index is 2.34. The molecule has 0 spiro atoms. The molecule has 0 aliphatic heterocycles. The quantitative estimate of drug-likeness (QED) is 0.610. The number of benzene rings is 1. The van der Waals surface area contributed by atoms with Gasteiger partial charge >= 0.3 is 0 Å². The SMILES string of the molecule is S=C=Nc1nn(Cc2c(Cl)cccc2Cl)cc1Cl. The van der Waals surface area contributed by atoms with Crippen LogP contribution in [-0.2, 0) is 6.54 Å². The summed E-state index contributed by atoms with van der Waals surface area (Å²) in [4.78, 5) is 3.75. The minimum atomic E-state index is 0.329. The smallest absolute Gasteiger partial charge is 0.202 e. The zero-order valence-electron chi connectivity index (χ0n) is 8.90. The van der Waals surface area contributed by atoms with Crippen LogP contribution in [0.4, 0.5) is 5.82 Å². The van der Waals surface area contributed by atoms with Gasteiger partial charge in [0.15, 0.2) is 0 Å². The molecule has 1 aromatic heterocycles. The van der Waals surface area contributed by atoms with E-state index in [0.29, 0.717) is 27.4 Å². The summed E-state index contributed by atoms with van der Waals surface area (Å²) in [7, 11) is 0. The fourth-order valence-electron chi connectivity index (χ4n) is 1.43. The summed E-state index contributed by atoms with van der Waals surface area (Å²) < 4.78 is 1.60. The third kappa shape index (κ3) is 2.91. The maximum Gasteiger partial charge on any atom is 0.202 e. The van der Waals surface area contributed by atoms with Gasteiger partial charge in [-0.3, -0.25) is 4.68 Å². The molecule has 0 aliphatic carbocycles. The Bertz CT molecular complexity index is 612. The lowest BCUT2D eigenvalue weighted by atomic mass is 10.2. The monoisotopic (exact) mass is 317 g/mol. The maximum atomic E-state index is 6.08. The zero-order valence-corrected chi connectivity index (χ0v) is 12.0. The Kier molecular flexibility index (Phi) is 4.38. The van der Waals surface area contributed by atoms with Gasteiger partial charge in [0.05, 0.1) is 11.7 Å². The minimum Gasteiger partial charge on any atom is -0.264 e. The summed E-state index contributed by atoms with van der Waals surface area (Å²) in [6.07, 6.45) is 1.63. The average molecular weight is 319 g/mol. The van der Waals surface area contributed by atoms with Gasteiger partial charge in [-0.1, -0.05) is 40.9 Å². The van der Waals surface area contributed by atoms with Crippen molar-refractivity contribution in [1.29, 1.82) is 0 Å². The minimum absolute atomic E-state index is 0.329. The summed E-state index contributed by atoms with van der Waals surface area (Å²) >= 11 is 22.6. The molecule has 7 heteroatoms. The van der Waals surface area contributed by atoms with E-state index < -0.39 is 0 Å². The number of rotatable bonds is 3. The van der Waals surface area contributed by atoms with Crippen molar-refractivity contribution in [3.8, 4) is 0 Å². The Morgan fingerprint density at radius 2 is 1.89 bits per heavy atom. The molecule has 3 nitrogen and oxygen atoms in total. The second-order valence-corrected chi connectivity index (χ2v) is 4.81. The number of aliphatic imine (C=N–C) groups is 1. The average Bonchev–Trinajstić information content (AvgIpc) is 2.66. The van der Waals surface area contributed by atoms with Crippen molar-refractivity contribution in [3.05, 3.63) is 45.0 Å². The van der Waals surface area contributed by atoms with Crippen molar-refractivity contribution >= 4 is 58.0 Å². The van der Waals surface area contributed by atoms with E-state index in [0.717, 1.165) is 5.56 Å². The molecule has 0 amide bonds. The van der Waals surface area contributed by atoms with Crippen LogP contribution >= 0.6 is 47.0 Å². The normalized spacial score (nSPS) is 10.2. The van der Waals surface area contributed by atoms with Crippen molar-refractivity contribution in [2.24, 2.45) is 4.99 Å². The van der Waals surface area contributed by atoms with Gasteiger partial charge in [0.25, 0.3) is 0 Å². The van der Waals surface area contributed by atoms with Crippen LogP contribution in [0.1, 0.15) is 5.56 Å². The zero-order chi connectivity index (χ0) is 13.1. The third-order valence-corrected chi connectivity index (χ3v) is 3.30. The predicted octanol–water partition coefficient (Wildman–Crippen LogP) is 4.63. The first kappa shape index (κ1) is 13.5. The lowest BCUT2D eigenvalue weighted by Crippen LogP contribution is -2.01. The van der Waals surface area contributed by atoms with Crippen molar-refractivity contribution in [2.75, 3.05) is 0 Å². The summed E-state index contributed by atoms with van der Waals surface area (Å²) in [6, 6.07) is 5.32. The van der Waals surface area contributed by atoms with E-state index in [2.05, 4.69) is 27.5 Å². The molecule has 1 aromatic carbocycles. The van der Waals surface area contributed by atoms with Gasteiger partial charge in [0.2, 0.25) is 5.82 Å². The van der Waals surface area contributed by atoms with E-state index >= 15 is 0 Å². The lowest BCUT2D eigenvalue weighted by Gasteiger charge is -2.06. The molecule has 0 bridgehead atoms. The van der Waals surface area contributed by atoms with Crippen molar-refractivity contribution in [3.63, 3.8) is 0 Å². The Labute approximate surface area is 124 Å². The second-order valence-electron chi connectivity index (χ2n) is 3.40. The topological polar surface area (TPSA) is 30.2 Å². The molecule has 0 atom stereocenters. The molecule has 0 aliphatic rings. The van der Waals surface area contributed by atoms with Gasteiger partial charge < -0.3 is 0 Å². The largest absolute Gasteiger partial charge is 0.264 e. The fourth-order valence-corrected chi connectivity index (χ4v) is 2.23. The van der Waals surface area contributed by atoms with Crippen LogP contribution in [0, 0.1) is 0 Å². The highest BCUT2D eigenvalue weighted by atomic mass is 35.5. The van der Waals surface area contributed by atoms with E-state index in [1.54, 1.807) is 29.1 Å². The van der Waals surface area contributed by atoms with Gasteiger partial charge in [-0.2, -0.15) is 10.1 Å². The van der Waals surface area contributed by atoms with Crippen LogP contribution in [0.3, 0.4) is 0 Å². The molecule has 0 saturated carbocycles. The molecular weight excluding hydrogens is 313 g/mol. The molecule has 0 N–H and O–H groups in total. The Hall–Kier alpha value is -0.900. The highest BCUT2D eigenvalue weighted by Gasteiger charge is 2.10. The molecule has 18 heavy (non-hydrogen) atoms. The number of nitrogens with zero attached hydrogens (tertiary/aromatic N) is 3. The number of halogens is 3. The molecule has 2 rings (SSSR count). The number of hydrogen-bond acceptors (Lipinski definition) is 3. The number of thiocarbonyl (C=S) groups is 1. The van der Waals surface area contributed by atoms with E-state index in [9.17, 15) is 0 Å². The summed E-state index contributed by atoms with van der Waals surface area (Å²) in [5.41, 5.74) is 0.776. The van der Waals surface area contributed by atoms with Crippen molar-refractivity contribution < 1.29 is 0 Å². The van der Waals surface area contributed by atoms with E-state index in [-0.39, 0.29) is 0 Å². The first-order valence-electron chi connectivity index (χ1n) is 4.85. The van der Waals surface area contributed by atoms with Crippen LogP contribution < -0.4 is 0 Å². The number of aromatic nitrogens is 2. The van der Waals surface area contributed by atoms with Crippen LogP contribution in [0.5, 0.6) is 0 Å². The molecule has 1 heterocycles. The van der Waals surface area contributed by atoms with Gasteiger partial charge in [-0.25, -0.2) is 0 Å². The van der Waals surface area contributed by atoms with Gasteiger partial charge in [-0.05, 0) is 24.4 Å². The van der Waals surface area contributed by atoms with Gasteiger partial charge in [0.1, 0.15) is 5.02 Å². The van der Waals surface area contributed by atoms with Crippen LogP contribution in [0.25, 0.3) is 0 Å². The summed E-state index contributed by atoms with van der Waals surface area (Å²) in [6.45, 7) is 0.408. The highest BCUT2D eigenvalue weighted by molar-refractivity contribution is 7.78. The maximum absolute atomic E-state index is 6.08. The van der Waals surface area contributed by atoms with Crippen LogP contribution in [0.2, 0.25) is 15.1 Å². The second kappa shape index (κ2) is 5.83. The standard InChI is InChI=1S/C11H6Cl3N3S/c12-8-2-1-3-9(13)7(8)4-17-5-10(14)11(16-17)15-6-18/h1-3,5H,4H2. The van der Waals surface area contributed by atoms with Crippen molar-refractivity contribution in [2.45, 2.75) is 6.54 Å². The van der Waals surface area contributed by atoms with Crippen molar-refractivity contribution in [1.82, 2.24) is 9.78 Å². The summed E-state index contributed by atoms with van der Waals surface area (Å²) in [5.74, 6) is 0.329. The highest BCUT2D eigenvalue weighted by Crippen LogP contribution is 2.27. The third-order valence-electron chi connectivity index (χ3n) is 2.23. The molecule has 0 radical (unpaired) electrons. The van der Waals surface area contributed by atoms with Gasteiger partial charge in [0, 0.05) is 21.8 Å². The molecule has 0 saturated heterocycles. The van der Waals surface area contributed by atoms with Crippen LogP contribution in [-0.4, -0.2) is 14.9 Å². The Morgan fingerprint density at radius 1 is 1.22 bits per heavy atom.